The molecule has 1 amide bonds. The first-order chi connectivity index (χ1) is 7.22. The Labute approximate surface area is 84.8 Å². The molecule has 0 saturated heterocycles. The van der Waals surface area contributed by atoms with E-state index in [0.29, 0.717) is 23.2 Å². The van der Waals surface area contributed by atoms with Gasteiger partial charge in [-0.3, -0.25) is 9.59 Å². The molecule has 2 aromatic rings. The van der Waals surface area contributed by atoms with Crippen molar-refractivity contribution in [3.63, 3.8) is 0 Å². The molecule has 0 radical (unpaired) electrons. The molecule has 0 unspecified atom stereocenters. The number of nitrogens with one attached hydrogen (secondary N) is 1. The molecule has 0 atom stereocenters. The molecule has 1 aromatic heterocycles. The van der Waals surface area contributed by atoms with Gasteiger partial charge in [-0.1, -0.05) is 0 Å². The largest absolute Gasteiger partial charge is 0.426 e. The van der Waals surface area contributed by atoms with E-state index in [-0.39, 0.29) is 0 Å². The predicted octanol–water partition coefficient (Wildman–Crippen LogP) is 0.802. The number of primary amides is 1. The van der Waals surface area contributed by atoms with Crippen LogP contribution in [0.15, 0.2) is 24.4 Å². The van der Waals surface area contributed by atoms with Crippen molar-refractivity contribution >= 4 is 23.3 Å². The van der Waals surface area contributed by atoms with Crippen LogP contribution in [-0.4, -0.2) is 17.4 Å². The van der Waals surface area contributed by atoms with E-state index in [9.17, 15) is 9.59 Å². The molecule has 0 fully saturated rings. The summed E-state index contributed by atoms with van der Waals surface area (Å²) in [6.07, 6.45) is 1.55. The maximum atomic E-state index is 10.9. The number of hydrogen-bond acceptors (Lipinski definition) is 3. The van der Waals surface area contributed by atoms with Crippen LogP contribution >= 0.6 is 0 Å². The molecule has 5 heteroatoms. The SMILES string of the molecule is NC(=O)c1ccc2[nH]cc(OC=O)c2c1. The van der Waals surface area contributed by atoms with Gasteiger partial charge in [-0.15, -0.1) is 0 Å². The Hall–Kier alpha value is -2.30. The van der Waals surface area contributed by atoms with Crippen molar-refractivity contribution < 1.29 is 14.3 Å². The van der Waals surface area contributed by atoms with Gasteiger partial charge in [0.2, 0.25) is 5.91 Å². The Kier molecular flexibility index (Phi) is 2.13. The average molecular weight is 204 g/mol. The summed E-state index contributed by atoms with van der Waals surface area (Å²) in [6, 6.07) is 4.88. The minimum absolute atomic E-state index is 0.333. The lowest BCUT2D eigenvalue weighted by Gasteiger charge is -1.97. The summed E-state index contributed by atoms with van der Waals surface area (Å²) < 4.78 is 4.73. The number of amides is 1. The van der Waals surface area contributed by atoms with Crippen LogP contribution in [0, 0.1) is 0 Å². The highest BCUT2D eigenvalue weighted by Crippen LogP contribution is 2.25. The van der Waals surface area contributed by atoms with Crippen molar-refractivity contribution in [2.45, 2.75) is 0 Å². The molecular formula is C10H8N2O3. The second kappa shape index (κ2) is 3.45. The minimum atomic E-state index is -0.518. The zero-order valence-corrected chi connectivity index (χ0v) is 7.69. The van der Waals surface area contributed by atoms with E-state index in [1.165, 1.54) is 0 Å². The highest BCUT2D eigenvalue weighted by molar-refractivity contribution is 5.98. The minimum Gasteiger partial charge on any atom is -0.426 e. The number of ether oxygens (including phenoxy) is 1. The number of aromatic nitrogens is 1. The van der Waals surface area contributed by atoms with E-state index >= 15 is 0 Å². The van der Waals surface area contributed by atoms with Gasteiger partial charge in [0.05, 0.1) is 0 Å². The number of fused-ring (bicyclic) bond motifs is 1. The quantitative estimate of drug-likeness (QED) is 0.725. The molecule has 3 N–H and O–H groups in total. The molecule has 15 heavy (non-hydrogen) atoms. The molecule has 2 rings (SSSR count). The first kappa shape index (κ1) is 9.26. The van der Waals surface area contributed by atoms with Crippen molar-refractivity contribution in [3.8, 4) is 5.75 Å². The van der Waals surface area contributed by atoms with E-state index < -0.39 is 5.91 Å². The van der Waals surface area contributed by atoms with Gasteiger partial charge in [0.1, 0.15) is 0 Å². The van der Waals surface area contributed by atoms with Crippen molar-refractivity contribution in [2.75, 3.05) is 0 Å². The molecule has 0 aliphatic rings. The summed E-state index contributed by atoms with van der Waals surface area (Å²) in [4.78, 5) is 24.0. The molecule has 5 nitrogen and oxygen atoms in total. The molecule has 0 spiro atoms. The zero-order chi connectivity index (χ0) is 10.8. The Morgan fingerprint density at radius 1 is 1.47 bits per heavy atom. The van der Waals surface area contributed by atoms with Crippen LogP contribution in [0.3, 0.4) is 0 Å². The zero-order valence-electron chi connectivity index (χ0n) is 7.69. The van der Waals surface area contributed by atoms with Crippen molar-refractivity contribution in [1.82, 2.24) is 4.98 Å². The fourth-order valence-corrected chi connectivity index (χ4v) is 1.40. The summed E-state index contributed by atoms with van der Waals surface area (Å²) in [5, 5.41) is 0.651. The highest BCUT2D eigenvalue weighted by Gasteiger charge is 2.07. The average Bonchev–Trinajstić information content (AvgIpc) is 2.61. The van der Waals surface area contributed by atoms with Gasteiger partial charge in [-0.2, -0.15) is 0 Å². The number of nitrogens with two attached hydrogens (primary N) is 1. The monoisotopic (exact) mass is 204 g/mol. The van der Waals surface area contributed by atoms with Gasteiger partial charge in [-0.05, 0) is 18.2 Å². The number of hydrogen-bond donors (Lipinski definition) is 2. The topological polar surface area (TPSA) is 85.2 Å². The van der Waals surface area contributed by atoms with E-state index in [1.54, 1.807) is 24.4 Å². The van der Waals surface area contributed by atoms with Gasteiger partial charge < -0.3 is 15.5 Å². The number of aromatic amines is 1. The Morgan fingerprint density at radius 2 is 2.27 bits per heavy atom. The summed E-state index contributed by atoms with van der Waals surface area (Å²) >= 11 is 0. The molecule has 0 aliphatic heterocycles. The molecule has 0 saturated carbocycles. The summed E-state index contributed by atoms with van der Waals surface area (Å²) in [5.74, 6) is -0.141. The third kappa shape index (κ3) is 1.54. The maximum absolute atomic E-state index is 10.9. The molecular weight excluding hydrogens is 196 g/mol. The van der Waals surface area contributed by atoms with Crippen LogP contribution in [0.25, 0.3) is 10.9 Å². The number of carbonyl (C=O) groups is 2. The summed E-state index contributed by atoms with van der Waals surface area (Å²) in [5.41, 5.74) is 6.29. The van der Waals surface area contributed by atoms with E-state index in [4.69, 9.17) is 10.5 Å². The number of carbonyl (C=O) groups excluding carboxylic acids is 2. The van der Waals surface area contributed by atoms with E-state index in [1.807, 2.05) is 0 Å². The standard InChI is InChI=1S/C10H8N2O3/c11-10(14)6-1-2-8-7(3-6)9(4-12-8)15-5-13/h1-5,12H,(H2,11,14). The third-order valence-electron chi connectivity index (χ3n) is 2.10. The second-order valence-electron chi connectivity index (χ2n) is 2.99. The van der Waals surface area contributed by atoms with Crippen LogP contribution in [-0.2, 0) is 4.79 Å². The number of rotatable bonds is 3. The van der Waals surface area contributed by atoms with Crippen molar-refractivity contribution in [2.24, 2.45) is 5.73 Å². The first-order valence-corrected chi connectivity index (χ1v) is 4.23. The summed E-state index contributed by atoms with van der Waals surface area (Å²) in [7, 11) is 0. The lowest BCUT2D eigenvalue weighted by atomic mass is 10.1. The molecule has 0 aliphatic carbocycles. The number of H-pyrrole nitrogens is 1. The van der Waals surface area contributed by atoms with Crippen LogP contribution < -0.4 is 10.5 Å². The first-order valence-electron chi connectivity index (χ1n) is 4.23. The second-order valence-corrected chi connectivity index (χ2v) is 2.99. The Bertz CT molecular complexity index is 530. The number of benzene rings is 1. The summed E-state index contributed by atoms with van der Waals surface area (Å²) in [6.45, 7) is 0.333. The van der Waals surface area contributed by atoms with Crippen LogP contribution in [0.5, 0.6) is 5.75 Å². The van der Waals surface area contributed by atoms with Gasteiger partial charge in [-0.25, -0.2) is 0 Å². The van der Waals surface area contributed by atoms with Gasteiger partial charge >= 0.3 is 0 Å². The Morgan fingerprint density at radius 3 is 2.93 bits per heavy atom. The molecule has 0 bridgehead atoms. The fourth-order valence-electron chi connectivity index (χ4n) is 1.40. The van der Waals surface area contributed by atoms with E-state index in [0.717, 1.165) is 5.52 Å². The van der Waals surface area contributed by atoms with Gasteiger partial charge in [0.25, 0.3) is 6.47 Å². The normalized spacial score (nSPS) is 10.1. The van der Waals surface area contributed by atoms with Crippen LogP contribution in [0.1, 0.15) is 10.4 Å². The maximum Gasteiger partial charge on any atom is 0.298 e. The smallest absolute Gasteiger partial charge is 0.298 e. The lowest BCUT2D eigenvalue weighted by molar-refractivity contribution is -0.120. The fraction of sp³-hybridized carbons (Fsp3) is 0. The highest BCUT2D eigenvalue weighted by atomic mass is 16.5. The van der Waals surface area contributed by atoms with Gasteiger partial charge in [0.15, 0.2) is 5.75 Å². The lowest BCUT2D eigenvalue weighted by Crippen LogP contribution is -2.10. The Balaban J connectivity index is 2.60. The van der Waals surface area contributed by atoms with Crippen LogP contribution in [0.4, 0.5) is 0 Å². The van der Waals surface area contributed by atoms with Crippen molar-refractivity contribution in [3.05, 3.63) is 30.0 Å². The predicted molar refractivity (Wildman–Crippen MR) is 53.5 cm³/mol. The van der Waals surface area contributed by atoms with E-state index in [2.05, 4.69) is 4.98 Å². The molecule has 1 heterocycles. The van der Waals surface area contributed by atoms with Crippen LogP contribution in [0.2, 0.25) is 0 Å². The van der Waals surface area contributed by atoms with Gasteiger partial charge in [0, 0.05) is 22.7 Å². The molecule has 1 aromatic carbocycles. The van der Waals surface area contributed by atoms with Crippen molar-refractivity contribution in [1.29, 1.82) is 0 Å². The third-order valence-corrected chi connectivity index (χ3v) is 2.10. The molecule has 76 valence electrons.